The SMILES string of the molecule is COC(=O)c1cc(NC(=O)CSc2ccccc2)cc(C(F)(F)F)c1. The van der Waals surface area contributed by atoms with Crippen LogP contribution >= 0.6 is 11.8 Å². The topological polar surface area (TPSA) is 55.4 Å². The summed E-state index contributed by atoms with van der Waals surface area (Å²) < 4.78 is 43.3. The van der Waals surface area contributed by atoms with Crippen LogP contribution in [0.2, 0.25) is 0 Å². The fraction of sp³-hybridized carbons (Fsp3) is 0.176. The van der Waals surface area contributed by atoms with E-state index in [1.54, 1.807) is 0 Å². The average Bonchev–Trinajstić information content (AvgIpc) is 2.59. The van der Waals surface area contributed by atoms with Crippen LogP contribution in [0.5, 0.6) is 0 Å². The number of benzene rings is 2. The molecule has 0 aliphatic carbocycles. The van der Waals surface area contributed by atoms with Gasteiger partial charge in [0, 0.05) is 10.6 Å². The van der Waals surface area contributed by atoms with Crippen LogP contribution in [0.15, 0.2) is 53.4 Å². The number of thioether (sulfide) groups is 1. The summed E-state index contributed by atoms with van der Waals surface area (Å²) in [5.74, 6) is -1.38. The molecule has 0 bridgehead atoms. The zero-order valence-electron chi connectivity index (χ0n) is 13.1. The number of hydrogen-bond donors (Lipinski definition) is 1. The average molecular weight is 369 g/mol. The molecular formula is C17H14F3NO3S. The van der Waals surface area contributed by atoms with Gasteiger partial charge >= 0.3 is 12.1 Å². The highest BCUT2D eigenvalue weighted by molar-refractivity contribution is 8.00. The van der Waals surface area contributed by atoms with Gasteiger partial charge in [0.25, 0.3) is 0 Å². The van der Waals surface area contributed by atoms with Gasteiger partial charge < -0.3 is 10.1 Å². The molecule has 1 amide bonds. The lowest BCUT2D eigenvalue weighted by Crippen LogP contribution is -2.16. The van der Waals surface area contributed by atoms with Crippen molar-refractivity contribution in [3.05, 3.63) is 59.7 Å². The molecule has 0 fully saturated rings. The van der Waals surface area contributed by atoms with Crippen LogP contribution in [0.25, 0.3) is 0 Å². The first-order valence-corrected chi connectivity index (χ1v) is 8.06. The molecule has 0 saturated carbocycles. The maximum Gasteiger partial charge on any atom is 0.416 e. The lowest BCUT2D eigenvalue weighted by Gasteiger charge is -2.12. The van der Waals surface area contributed by atoms with Gasteiger partial charge in [0.15, 0.2) is 0 Å². The smallest absolute Gasteiger partial charge is 0.416 e. The van der Waals surface area contributed by atoms with Crippen molar-refractivity contribution in [2.75, 3.05) is 18.2 Å². The molecule has 0 radical (unpaired) electrons. The number of halogens is 3. The van der Waals surface area contributed by atoms with Crippen LogP contribution in [0.4, 0.5) is 18.9 Å². The van der Waals surface area contributed by atoms with E-state index in [2.05, 4.69) is 10.1 Å². The molecule has 2 aromatic carbocycles. The Kier molecular flexibility index (Phi) is 6.08. The van der Waals surface area contributed by atoms with E-state index >= 15 is 0 Å². The van der Waals surface area contributed by atoms with Crippen molar-refractivity contribution in [1.82, 2.24) is 0 Å². The van der Waals surface area contributed by atoms with E-state index < -0.39 is 23.6 Å². The molecule has 0 heterocycles. The van der Waals surface area contributed by atoms with Crippen molar-refractivity contribution in [3.63, 3.8) is 0 Å². The predicted molar refractivity (Wildman–Crippen MR) is 88.6 cm³/mol. The quantitative estimate of drug-likeness (QED) is 0.633. The van der Waals surface area contributed by atoms with Gasteiger partial charge in [0.2, 0.25) is 5.91 Å². The largest absolute Gasteiger partial charge is 0.465 e. The highest BCUT2D eigenvalue weighted by Gasteiger charge is 2.32. The van der Waals surface area contributed by atoms with Gasteiger partial charge in [-0.1, -0.05) is 18.2 Å². The van der Waals surface area contributed by atoms with E-state index in [1.807, 2.05) is 30.3 Å². The molecule has 0 saturated heterocycles. The number of amides is 1. The standard InChI is InChI=1S/C17H14F3NO3S/c1-24-16(23)11-7-12(17(18,19)20)9-13(8-11)21-15(22)10-25-14-5-3-2-4-6-14/h2-9H,10H2,1H3,(H,21,22). The third kappa shape index (κ3) is 5.53. The predicted octanol–water partition coefficient (Wildman–Crippen LogP) is 4.22. The number of rotatable bonds is 5. The minimum Gasteiger partial charge on any atom is -0.465 e. The summed E-state index contributed by atoms with van der Waals surface area (Å²) >= 11 is 1.25. The molecule has 132 valence electrons. The van der Waals surface area contributed by atoms with E-state index in [4.69, 9.17) is 0 Å². The number of anilines is 1. The third-order valence-corrected chi connectivity index (χ3v) is 4.09. The summed E-state index contributed by atoms with van der Waals surface area (Å²) in [6.07, 6.45) is -4.65. The Bertz CT molecular complexity index is 763. The first kappa shape index (κ1) is 18.9. The van der Waals surface area contributed by atoms with Gasteiger partial charge in [-0.05, 0) is 30.3 Å². The van der Waals surface area contributed by atoms with Crippen molar-refractivity contribution in [1.29, 1.82) is 0 Å². The monoisotopic (exact) mass is 369 g/mol. The van der Waals surface area contributed by atoms with Gasteiger partial charge in [-0.2, -0.15) is 13.2 Å². The number of carbonyl (C=O) groups is 2. The van der Waals surface area contributed by atoms with Crippen LogP contribution in [0.1, 0.15) is 15.9 Å². The van der Waals surface area contributed by atoms with Crippen LogP contribution in [-0.4, -0.2) is 24.7 Å². The molecule has 0 atom stereocenters. The normalized spacial score (nSPS) is 11.0. The second-order valence-electron chi connectivity index (χ2n) is 4.94. The molecule has 0 aliphatic heterocycles. The molecule has 0 aromatic heterocycles. The number of nitrogens with one attached hydrogen (secondary N) is 1. The zero-order valence-corrected chi connectivity index (χ0v) is 13.9. The van der Waals surface area contributed by atoms with E-state index in [9.17, 15) is 22.8 Å². The van der Waals surface area contributed by atoms with Crippen molar-refractivity contribution < 1.29 is 27.5 Å². The molecule has 0 aliphatic rings. The Morgan fingerprint density at radius 3 is 2.40 bits per heavy atom. The first-order chi connectivity index (χ1) is 11.8. The lowest BCUT2D eigenvalue weighted by molar-refractivity contribution is -0.137. The van der Waals surface area contributed by atoms with Gasteiger partial charge in [0.05, 0.1) is 24.0 Å². The number of ether oxygens (including phenoxy) is 1. The number of methoxy groups -OCH3 is 1. The maximum atomic E-state index is 13.0. The van der Waals surface area contributed by atoms with Crippen LogP contribution < -0.4 is 5.32 Å². The maximum absolute atomic E-state index is 13.0. The highest BCUT2D eigenvalue weighted by Crippen LogP contribution is 2.32. The van der Waals surface area contributed by atoms with E-state index in [1.165, 1.54) is 11.8 Å². The second-order valence-corrected chi connectivity index (χ2v) is 5.99. The van der Waals surface area contributed by atoms with E-state index in [-0.39, 0.29) is 17.0 Å². The Labute approximate surface area is 146 Å². The van der Waals surface area contributed by atoms with Gasteiger partial charge in [-0.15, -0.1) is 11.8 Å². The summed E-state index contributed by atoms with van der Waals surface area (Å²) in [4.78, 5) is 24.4. The fourth-order valence-electron chi connectivity index (χ4n) is 1.96. The Morgan fingerprint density at radius 1 is 1.12 bits per heavy atom. The summed E-state index contributed by atoms with van der Waals surface area (Å²) in [7, 11) is 1.07. The Hall–Kier alpha value is -2.48. The van der Waals surface area contributed by atoms with E-state index in [0.717, 1.165) is 24.1 Å². The Morgan fingerprint density at radius 2 is 1.80 bits per heavy atom. The van der Waals surface area contributed by atoms with Crippen molar-refractivity contribution in [2.45, 2.75) is 11.1 Å². The number of alkyl halides is 3. The van der Waals surface area contributed by atoms with Crippen LogP contribution in [-0.2, 0) is 15.7 Å². The lowest BCUT2D eigenvalue weighted by atomic mass is 10.1. The molecule has 25 heavy (non-hydrogen) atoms. The zero-order chi connectivity index (χ0) is 18.4. The molecule has 1 N–H and O–H groups in total. The van der Waals surface area contributed by atoms with Crippen LogP contribution in [0.3, 0.4) is 0 Å². The fourth-order valence-corrected chi connectivity index (χ4v) is 2.68. The number of hydrogen-bond acceptors (Lipinski definition) is 4. The van der Waals surface area contributed by atoms with Crippen molar-refractivity contribution in [3.8, 4) is 0 Å². The number of carbonyl (C=O) groups excluding carboxylic acids is 2. The number of esters is 1. The van der Waals surface area contributed by atoms with Crippen molar-refractivity contribution in [2.24, 2.45) is 0 Å². The molecular weight excluding hydrogens is 355 g/mol. The summed E-state index contributed by atoms with van der Waals surface area (Å²) in [6.45, 7) is 0. The van der Waals surface area contributed by atoms with Gasteiger partial charge in [-0.25, -0.2) is 4.79 Å². The summed E-state index contributed by atoms with van der Waals surface area (Å²) in [6, 6.07) is 11.7. The molecule has 8 heteroatoms. The molecule has 0 spiro atoms. The van der Waals surface area contributed by atoms with Crippen LogP contribution in [0, 0.1) is 0 Å². The summed E-state index contributed by atoms with van der Waals surface area (Å²) in [5, 5.41) is 2.38. The molecule has 2 aromatic rings. The Balaban J connectivity index is 2.14. The minimum atomic E-state index is -4.65. The van der Waals surface area contributed by atoms with Crippen molar-refractivity contribution >= 4 is 29.3 Å². The van der Waals surface area contributed by atoms with Gasteiger partial charge in [-0.3, -0.25) is 4.79 Å². The summed E-state index contributed by atoms with van der Waals surface area (Å²) in [5.41, 5.74) is -1.45. The molecule has 0 unspecified atom stereocenters. The second kappa shape index (κ2) is 8.06. The van der Waals surface area contributed by atoms with E-state index in [0.29, 0.717) is 6.07 Å². The molecule has 2 rings (SSSR count). The third-order valence-electron chi connectivity index (χ3n) is 3.08. The first-order valence-electron chi connectivity index (χ1n) is 7.08. The molecule has 4 nitrogen and oxygen atoms in total. The van der Waals surface area contributed by atoms with Gasteiger partial charge in [0.1, 0.15) is 0 Å². The minimum absolute atomic E-state index is 0.0216. The highest BCUT2D eigenvalue weighted by atomic mass is 32.2.